The molecule has 2 nitrogen and oxygen atoms in total. The summed E-state index contributed by atoms with van der Waals surface area (Å²) in [4.78, 5) is 0. The summed E-state index contributed by atoms with van der Waals surface area (Å²) in [6.07, 6.45) is 6.96. The fraction of sp³-hybridized carbons (Fsp3) is 0.625. The van der Waals surface area contributed by atoms with Gasteiger partial charge in [0.1, 0.15) is 0 Å². The van der Waals surface area contributed by atoms with Crippen molar-refractivity contribution in [2.45, 2.75) is 51.0 Å². The van der Waals surface area contributed by atoms with Gasteiger partial charge in [0, 0.05) is 5.54 Å². The van der Waals surface area contributed by atoms with Crippen molar-refractivity contribution in [3.63, 3.8) is 0 Å². The molecule has 1 atom stereocenters. The van der Waals surface area contributed by atoms with Crippen molar-refractivity contribution >= 4 is 0 Å². The van der Waals surface area contributed by atoms with Gasteiger partial charge in [0.2, 0.25) is 0 Å². The average molecular weight is 265 g/mol. The van der Waals surface area contributed by atoms with E-state index in [-0.39, 0.29) is 11.4 Å². The molecule has 0 spiro atoms. The Morgan fingerprint density at radius 2 is 2.16 bits per heavy atom. The standard InChI is InChI=1S/C16H24FNO/c1-3-16(9-5-4-6-10-18-16)12-13-7-8-15(19-2)14(17)11-13/h7-8,11,18H,3-6,9-10,12H2,1-2H3. The quantitative estimate of drug-likeness (QED) is 0.896. The van der Waals surface area contributed by atoms with E-state index in [0.29, 0.717) is 5.75 Å². The smallest absolute Gasteiger partial charge is 0.165 e. The Hall–Kier alpha value is -1.09. The SMILES string of the molecule is CCC1(Cc2ccc(OC)c(F)c2)CCCCCN1. The second kappa shape index (κ2) is 6.38. The highest BCUT2D eigenvalue weighted by Gasteiger charge is 2.29. The molecular weight excluding hydrogens is 241 g/mol. The van der Waals surface area contributed by atoms with Gasteiger partial charge < -0.3 is 10.1 Å². The van der Waals surface area contributed by atoms with Crippen molar-refractivity contribution in [2.24, 2.45) is 0 Å². The molecule has 1 fully saturated rings. The highest BCUT2D eigenvalue weighted by Crippen LogP contribution is 2.28. The van der Waals surface area contributed by atoms with Crippen molar-refractivity contribution in [3.8, 4) is 5.75 Å². The van der Waals surface area contributed by atoms with E-state index in [1.54, 1.807) is 12.1 Å². The van der Waals surface area contributed by atoms with Gasteiger partial charge in [0.25, 0.3) is 0 Å². The maximum absolute atomic E-state index is 13.8. The molecule has 0 radical (unpaired) electrons. The molecule has 1 aliphatic rings. The van der Waals surface area contributed by atoms with Crippen LogP contribution in [0.15, 0.2) is 18.2 Å². The molecular formula is C16H24FNO. The normalized spacial score (nSPS) is 23.9. The van der Waals surface area contributed by atoms with Crippen LogP contribution >= 0.6 is 0 Å². The molecule has 1 heterocycles. The molecule has 1 unspecified atom stereocenters. The topological polar surface area (TPSA) is 21.3 Å². The molecule has 0 saturated carbocycles. The second-order valence-corrected chi connectivity index (χ2v) is 5.52. The van der Waals surface area contributed by atoms with Gasteiger partial charge in [-0.05, 0) is 49.9 Å². The largest absolute Gasteiger partial charge is 0.494 e. The number of methoxy groups -OCH3 is 1. The van der Waals surface area contributed by atoms with Gasteiger partial charge in [0.15, 0.2) is 11.6 Å². The minimum atomic E-state index is -0.264. The lowest BCUT2D eigenvalue weighted by Crippen LogP contribution is -2.46. The minimum absolute atomic E-state index is 0.136. The number of ether oxygens (including phenoxy) is 1. The first-order valence-corrected chi connectivity index (χ1v) is 7.26. The molecule has 3 heteroatoms. The summed E-state index contributed by atoms with van der Waals surface area (Å²) in [5, 5.41) is 3.69. The van der Waals surface area contributed by atoms with Crippen molar-refractivity contribution in [1.29, 1.82) is 0 Å². The molecule has 19 heavy (non-hydrogen) atoms. The van der Waals surface area contributed by atoms with E-state index in [1.807, 2.05) is 6.07 Å². The monoisotopic (exact) mass is 265 g/mol. The van der Waals surface area contributed by atoms with Crippen LogP contribution in [-0.2, 0) is 6.42 Å². The maximum Gasteiger partial charge on any atom is 0.165 e. The van der Waals surface area contributed by atoms with Gasteiger partial charge in [-0.25, -0.2) is 4.39 Å². The predicted octanol–water partition coefficient (Wildman–Crippen LogP) is 3.69. The summed E-state index contributed by atoms with van der Waals surface area (Å²) in [7, 11) is 1.50. The van der Waals surface area contributed by atoms with Gasteiger partial charge in [-0.3, -0.25) is 0 Å². The van der Waals surface area contributed by atoms with E-state index in [9.17, 15) is 4.39 Å². The molecule has 1 saturated heterocycles. The lowest BCUT2D eigenvalue weighted by atomic mass is 9.84. The third-order valence-electron chi connectivity index (χ3n) is 4.27. The molecule has 1 N–H and O–H groups in total. The Morgan fingerprint density at radius 1 is 1.32 bits per heavy atom. The van der Waals surface area contributed by atoms with E-state index >= 15 is 0 Å². The molecule has 0 bridgehead atoms. The fourth-order valence-electron chi connectivity index (χ4n) is 3.00. The summed E-state index contributed by atoms with van der Waals surface area (Å²) in [6.45, 7) is 3.30. The Morgan fingerprint density at radius 3 is 2.84 bits per heavy atom. The van der Waals surface area contributed by atoms with E-state index in [2.05, 4.69) is 12.2 Å². The Balaban J connectivity index is 2.15. The Kier molecular flexibility index (Phi) is 4.81. The van der Waals surface area contributed by atoms with Gasteiger partial charge >= 0.3 is 0 Å². The van der Waals surface area contributed by atoms with Crippen molar-refractivity contribution in [1.82, 2.24) is 5.32 Å². The maximum atomic E-state index is 13.8. The lowest BCUT2D eigenvalue weighted by molar-refractivity contribution is 0.301. The predicted molar refractivity (Wildman–Crippen MR) is 76.1 cm³/mol. The highest BCUT2D eigenvalue weighted by atomic mass is 19.1. The highest BCUT2D eigenvalue weighted by molar-refractivity contribution is 5.30. The molecule has 0 amide bonds. The molecule has 1 aromatic carbocycles. The number of halogens is 1. The van der Waals surface area contributed by atoms with Crippen LogP contribution in [-0.4, -0.2) is 19.2 Å². The van der Waals surface area contributed by atoms with Crippen LogP contribution in [0.2, 0.25) is 0 Å². The van der Waals surface area contributed by atoms with Gasteiger partial charge in [0.05, 0.1) is 7.11 Å². The van der Waals surface area contributed by atoms with E-state index < -0.39 is 0 Å². The first-order valence-electron chi connectivity index (χ1n) is 7.26. The number of rotatable bonds is 4. The van der Waals surface area contributed by atoms with Crippen molar-refractivity contribution in [2.75, 3.05) is 13.7 Å². The zero-order valence-electron chi connectivity index (χ0n) is 12.0. The van der Waals surface area contributed by atoms with Crippen LogP contribution in [0, 0.1) is 5.82 Å². The van der Waals surface area contributed by atoms with Crippen LogP contribution < -0.4 is 10.1 Å². The zero-order chi connectivity index (χ0) is 13.7. The summed E-state index contributed by atoms with van der Waals surface area (Å²) < 4.78 is 18.7. The minimum Gasteiger partial charge on any atom is -0.494 e. The molecule has 106 valence electrons. The molecule has 0 aromatic heterocycles. The van der Waals surface area contributed by atoms with Crippen LogP contribution in [0.25, 0.3) is 0 Å². The number of benzene rings is 1. The van der Waals surface area contributed by atoms with Crippen LogP contribution in [0.3, 0.4) is 0 Å². The zero-order valence-corrected chi connectivity index (χ0v) is 12.0. The van der Waals surface area contributed by atoms with Gasteiger partial charge in [-0.1, -0.05) is 25.8 Å². The number of hydrogen-bond acceptors (Lipinski definition) is 2. The van der Waals surface area contributed by atoms with Gasteiger partial charge in [-0.2, -0.15) is 0 Å². The Bertz CT molecular complexity index is 411. The van der Waals surface area contributed by atoms with Crippen molar-refractivity contribution < 1.29 is 9.13 Å². The van der Waals surface area contributed by atoms with E-state index in [4.69, 9.17) is 4.74 Å². The van der Waals surface area contributed by atoms with E-state index in [1.165, 1.54) is 32.8 Å². The molecule has 1 aromatic rings. The summed E-state index contributed by atoms with van der Waals surface area (Å²) in [5.74, 6) is 0.0583. The fourth-order valence-corrected chi connectivity index (χ4v) is 3.00. The first-order chi connectivity index (χ1) is 9.19. The molecule has 2 rings (SSSR count). The average Bonchev–Trinajstić information content (AvgIpc) is 2.65. The van der Waals surface area contributed by atoms with E-state index in [0.717, 1.165) is 24.9 Å². The Labute approximate surface area is 115 Å². The summed E-state index contributed by atoms with van der Waals surface area (Å²) in [6, 6.07) is 5.32. The second-order valence-electron chi connectivity index (χ2n) is 5.52. The van der Waals surface area contributed by atoms with Crippen LogP contribution in [0.1, 0.15) is 44.6 Å². The van der Waals surface area contributed by atoms with Crippen LogP contribution in [0.5, 0.6) is 5.75 Å². The number of nitrogens with one attached hydrogen (secondary N) is 1. The molecule has 0 aliphatic carbocycles. The summed E-state index contributed by atoms with van der Waals surface area (Å²) in [5.41, 5.74) is 1.19. The van der Waals surface area contributed by atoms with Crippen LogP contribution in [0.4, 0.5) is 4.39 Å². The summed E-state index contributed by atoms with van der Waals surface area (Å²) >= 11 is 0. The lowest BCUT2D eigenvalue weighted by Gasteiger charge is -2.33. The third-order valence-corrected chi connectivity index (χ3v) is 4.27. The van der Waals surface area contributed by atoms with Crippen molar-refractivity contribution in [3.05, 3.63) is 29.6 Å². The number of hydrogen-bond donors (Lipinski definition) is 1. The third kappa shape index (κ3) is 3.47. The first kappa shape index (κ1) is 14.3. The van der Waals surface area contributed by atoms with Gasteiger partial charge in [-0.15, -0.1) is 0 Å². The molecule has 1 aliphatic heterocycles.